The predicted octanol–water partition coefficient (Wildman–Crippen LogP) is 6.58. The van der Waals surface area contributed by atoms with Crippen molar-refractivity contribution in [2.75, 3.05) is 25.1 Å². The lowest BCUT2D eigenvalue weighted by Crippen LogP contribution is -2.45. The number of fused-ring (bicyclic) bond motifs is 1. The monoisotopic (exact) mass is 490 g/mol. The Bertz CT molecular complexity index is 1500. The zero-order valence-corrected chi connectivity index (χ0v) is 21.3. The zero-order valence-electron chi connectivity index (χ0n) is 21.3. The fourth-order valence-electron chi connectivity index (χ4n) is 5.33. The maximum atomic E-state index is 5.97. The van der Waals surface area contributed by atoms with Crippen molar-refractivity contribution >= 4 is 16.6 Å². The van der Waals surface area contributed by atoms with Crippen LogP contribution in [0.1, 0.15) is 13.8 Å². The van der Waals surface area contributed by atoms with E-state index in [1.54, 1.807) is 13.3 Å². The molecule has 1 fully saturated rings. The number of rotatable bonds is 5. The second-order valence-corrected chi connectivity index (χ2v) is 9.63. The van der Waals surface area contributed by atoms with Crippen LogP contribution in [-0.2, 0) is 4.74 Å². The zero-order chi connectivity index (χ0) is 25.4. The number of pyridine rings is 1. The molecule has 0 bridgehead atoms. The molecule has 5 aromatic rings. The number of aromatic amines is 1. The molecule has 6 nitrogen and oxygen atoms in total. The van der Waals surface area contributed by atoms with Gasteiger partial charge in [0, 0.05) is 59.4 Å². The van der Waals surface area contributed by atoms with Crippen molar-refractivity contribution in [1.29, 1.82) is 0 Å². The van der Waals surface area contributed by atoms with Crippen molar-refractivity contribution in [3.63, 3.8) is 0 Å². The smallest absolute Gasteiger partial charge is 0.137 e. The predicted molar refractivity (Wildman–Crippen MR) is 149 cm³/mol. The molecule has 6 heteroatoms. The molecule has 6 rings (SSSR count). The summed E-state index contributed by atoms with van der Waals surface area (Å²) in [5.41, 5.74) is 7.40. The minimum Gasteiger partial charge on any atom is -0.495 e. The molecule has 2 atom stereocenters. The minimum absolute atomic E-state index is 0.226. The molecule has 0 saturated carbocycles. The Kier molecular flexibility index (Phi) is 6.10. The topological polar surface area (TPSA) is 63.3 Å². The number of hydrogen-bond donors (Lipinski definition) is 1. The number of imidazole rings is 1. The summed E-state index contributed by atoms with van der Waals surface area (Å²) in [7, 11) is 1.73. The number of nitrogens with one attached hydrogen (secondary N) is 1. The van der Waals surface area contributed by atoms with Crippen molar-refractivity contribution < 1.29 is 9.47 Å². The fourth-order valence-corrected chi connectivity index (χ4v) is 5.33. The van der Waals surface area contributed by atoms with E-state index in [2.05, 4.69) is 95.4 Å². The molecule has 2 aromatic heterocycles. The van der Waals surface area contributed by atoms with Crippen LogP contribution in [0.3, 0.4) is 0 Å². The first-order chi connectivity index (χ1) is 18.1. The maximum absolute atomic E-state index is 5.97. The van der Waals surface area contributed by atoms with Gasteiger partial charge in [-0.2, -0.15) is 0 Å². The van der Waals surface area contributed by atoms with E-state index >= 15 is 0 Å². The lowest BCUT2D eigenvalue weighted by atomic mass is 9.97. The molecular weight excluding hydrogens is 460 g/mol. The van der Waals surface area contributed by atoms with Crippen LogP contribution in [0.4, 0.5) is 5.69 Å². The van der Waals surface area contributed by atoms with E-state index in [9.17, 15) is 0 Å². The quantitative estimate of drug-likeness (QED) is 0.301. The van der Waals surface area contributed by atoms with Crippen LogP contribution in [0.2, 0.25) is 0 Å². The molecular formula is C31H30N4O2. The highest BCUT2D eigenvalue weighted by atomic mass is 16.5. The second kappa shape index (κ2) is 9.71. The number of anilines is 1. The number of para-hydroxylation sites is 1. The number of H-pyrrole nitrogens is 1. The van der Waals surface area contributed by atoms with Crippen molar-refractivity contribution in [2.24, 2.45) is 0 Å². The number of hydrogen-bond acceptors (Lipinski definition) is 5. The van der Waals surface area contributed by atoms with Crippen LogP contribution >= 0.6 is 0 Å². The van der Waals surface area contributed by atoms with Crippen molar-refractivity contribution in [3.05, 3.63) is 85.3 Å². The first kappa shape index (κ1) is 23.3. The van der Waals surface area contributed by atoms with Gasteiger partial charge in [0.25, 0.3) is 0 Å². The van der Waals surface area contributed by atoms with Crippen LogP contribution in [-0.4, -0.2) is 47.4 Å². The third-order valence-electron chi connectivity index (χ3n) is 6.98. The van der Waals surface area contributed by atoms with Gasteiger partial charge in [-0.25, -0.2) is 4.98 Å². The van der Waals surface area contributed by atoms with Gasteiger partial charge >= 0.3 is 0 Å². The summed E-state index contributed by atoms with van der Waals surface area (Å²) in [4.78, 5) is 14.8. The lowest BCUT2D eigenvalue weighted by molar-refractivity contribution is -0.00521. The highest BCUT2D eigenvalue weighted by Crippen LogP contribution is 2.39. The van der Waals surface area contributed by atoms with E-state index in [0.717, 1.165) is 63.4 Å². The van der Waals surface area contributed by atoms with Crippen LogP contribution in [0, 0.1) is 0 Å². The van der Waals surface area contributed by atoms with E-state index in [0.29, 0.717) is 0 Å². The van der Waals surface area contributed by atoms with E-state index in [-0.39, 0.29) is 12.2 Å². The average molecular weight is 491 g/mol. The van der Waals surface area contributed by atoms with Gasteiger partial charge in [0.2, 0.25) is 0 Å². The number of morpholine rings is 1. The summed E-state index contributed by atoms with van der Waals surface area (Å²) in [5, 5.41) is 0.993. The fraction of sp³-hybridized carbons (Fsp3) is 0.226. The first-order valence-corrected chi connectivity index (χ1v) is 12.7. The SMILES string of the molecule is COc1c(-c2ccc(N3C[C@@H](C)O[C@@H](C)C3)cc2)cnc2c(-c3ccc(-c4ncc[nH]4)cc3)cccc12. The minimum atomic E-state index is 0.226. The molecule has 186 valence electrons. The standard InChI is InChI=1S/C31H30N4O2/c1-20-18-35(19-21(2)37-20)25-13-11-23(12-14-25)28-17-34-29-26(5-4-6-27(29)30(28)36-3)22-7-9-24(10-8-22)31-32-15-16-33-31/h4-17,20-21H,18-19H2,1-3H3,(H,32,33)/t20-,21+. The van der Waals surface area contributed by atoms with E-state index in [4.69, 9.17) is 14.5 Å². The number of nitrogens with zero attached hydrogens (tertiary/aromatic N) is 3. The summed E-state index contributed by atoms with van der Waals surface area (Å²) < 4.78 is 11.9. The Morgan fingerprint density at radius 2 is 1.51 bits per heavy atom. The van der Waals surface area contributed by atoms with Crippen molar-refractivity contribution in [1.82, 2.24) is 15.0 Å². The summed E-state index contributed by atoms with van der Waals surface area (Å²) in [6.07, 6.45) is 5.97. The third kappa shape index (κ3) is 4.45. The Labute approximate surface area is 216 Å². The van der Waals surface area contributed by atoms with Gasteiger partial charge < -0.3 is 19.4 Å². The van der Waals surface area contributed by atoms with Gasteiger partial charge in [0.15, 0.2) is 0 Å². The van der Waals surface area contributed by atoms with Crippen LogP contribution in [0.15, 0.2) is 85.3 Å². The molecule has 0 aliphatic carbocycles. The van der Waals surface area contributed by atoms with Crippen LogP contribution in [0.25, 0.3) is 44.5 Å². The molecule has 3 aromatic carbocycles. The lowest BCUT2D eigenvalue weighted by Gasteiger charge is -2.36. The van der Waals surface area contributed by atoms with E-state index < -0.39 is 0 Å². The molecule has 0 unspecified atom stereocenters. The van der Waals surface area contributed by atoms with Gasteiger partial charge in [-0.05, 0) is 43.2 Å². The summed E-state index contributed by atoms with van der Waals surface area (Å²) in [6.45, 7) is 6.06. The van der Waals surface area contributed by atoms with Crippen LogP contribution in [0.5, 0.6) is 5.75 Å². The molecule has 1 N–H and O–H groups in total. The van der Waals surface area contributed by atoms with E-state index in [1.165, 1.54) is 5.69 Å². The highest BCUT2D eigenvalue weighted by molar-refractivity contribution is 6.00. The van der Waals surface area contributed by atoms with Crippen LogP contribution < -0.4 is 9.64 Å². The molecule has 1 aliphatic heterocycles. The molecule has 0 radical (unpaired) electrons. The average Bonchev–Trinajstić information content (AvgIpc) is 3.47. The summed E-state index contributed by atoms with van der Waals surface area (Å²) >= 11 is 0. The van der Waals surface area contributed by atoms with Gasteiger partial charge in [-0.15, -0.1) is 0 Å². The molecule has 0 amide bonds. The number of aromatic nitrogens is 3. The largest absolute Gasteiger partial charge is 0.495 e. The molecule has 0 spiro atoms. The Balaban J connectivity index is 1.34. The molecule has 37 heavy (non-hydrogen) atoms. The summed E-state index contributed by atoms with van der Waals surface area (Å²) in [6, 6.07) is 23.3. The normalized spacial score (nSPS) is 17.8. The van der Waals surface area contributed by atoms with Crippen molar-refractivity contribution in [3.8, 4) is 39.4 Å². The second-order valence-electron chi connectivity index (χ2n) is 9.63. The Morgan fingerprint density at radius 3 is 2.19 bits per heavy atom. The first-order valence-electron chi connectivity index (χ1n) is 12.7. The van der Waals surface area contributed by atoms with Gasteiger partial charge in [-0.1, -0.05) is 48.5 Å². The van der Waals surface area contributed by atoms with Gasteiger partial charge in [0.1, 0.15) is 11.6 Å². The highest BCUT2D eigenvalue weighted by Gasteiger charge is 2.22. The molecule has 3 heterocycles. The van der Waals surface area contributed by atoms with Gasteiger partial charge in [0.05, 0.1) is 24.8 Å². The van der Waals surface area contributed by atoms with E-state index in [1.807, 2.05) is 12.4 Å². The van der Waals surface area contributed by atoms with Gasteiger partial charge in [-0.3, -0.25) is 4.98 Å². The number of methoxy groups -OCH3 is 1. The number of ether oxygens (including phenoxy) is 2. The third-order valence-corrected chi connectivity index (χ3v) is 6.98. The summed E-state index contributed by atoms with van der Waals surface area (Å²) in [5.74, 6) is 1.69. The molecule has 1 aliphatic rings. The molecule has 1 saturated heterocycles. The Morgan fingerprint density at radius 1 is 0.838 bits per heavy atom. The maximum Gasteiger partial charge on any atom is 0.137 e. The number of benzene rings is 3. The van der Waals surface area contributed by atoms with Crippen molar-refractivity contribution in [2.45, 2.75) is 26.1 Å². The Hall–Kier alpha value is -4.16.